The number of hydrogen-bond donors (Lipinski definition) is 1. The number of pyridine rings is 1. The average Bonchev–Trinajstić information content (AvgIpc) is 2.99. The van der Waals surface area contributed by atoms with Gasteiger partial charge in [-0.1, -0.05) is 41.1 Å². The van der Waals surface area contributed by atoms with Crippen LogP contribution in [0.1, 0.15) is 23.1 Å². The van der Waals surface area contributed by atoms with Crippen molar-refractivity contribution in [2.24, 2.45) is 0 Å². The molecule has 2 aliphatic heterocycles. The Balaban J connectivity index is 1.65. The van der Waals surface area contributed by atoms with Crippen molar-refractivity contribution in [3.05, 3.63) is 106 Å². The minimum Gasteiger partial charge on any atom is -0.494 e. The molecule has 5 rings (SSSR count). The van der Waals surface area contributed by atoms with Crippen LogP contribution in [0.25, 0.3) is 5.57 Å². The van der Waals surface area contributed by atoms with E-state index in [9.17, 15) is 13.5 Å². The second-order valence-corrected chi connectivity index (χ2v) is 10.6. The fourth-order valence-electron chi connectivity index (χ4n) is 4.22. The molecule has 0 spiro atoms. The second kappa shape index (κ2) is 8.37. The summed E-state index contributed by atoms with van der Waals surface area (Å²) in [4.78, 5) is 6.24. The third kappa shape index (κ3) is 3.68. The molecule has 2 aromatic carbocycles. The van der Waals surface area contributed by atoms with Crippen molar-refractivity contribution in [1.29, 1.82) is 0 Å². The van der Waals surface area contributed by atoms with Crippen LogP contribution in [0.15, 0.2) is 89.1 Å². The molecule has 0 atom stereocenters. The lowest BCUT2D eigenvalue weighted by molar-refractivity contribution is 0.393. The molecule has 0 radical (unpaired) electrons. The number of allylic oxidation sites excluding steroid dienone is 1. The molecule has 0 unspecified atom stereocenters. The van der Waals surface area contributed by atoms with Crippen molar-refractivity contribution in [2.75, 3.05) is 15.7 Å². The average molecular weight is 492 g/mol. The summed E-state index contributed by atoms with van der Waals surface area (Å²) in [5.74, 6) is 0.331. The lowest BCUT2D eigenvalue weighted by Crippen LogP contribution is -2.32. The molecule has 0 amide bonds. The maximum absolute atomic E-state index is 13.6. The lowest BCUT2D eigenvalue weighted by atomic mass is 9.96. The first-order valence-corrected chi connectivity index (χ1v) is 12.6. The second-order valence-electron chi connectivity index (χ2n) is 8.27. The van der Waals surface area contributed by atoms with E-state index in [-0.39, 0.29) is 23.7 Å². The Morgan fingerprint density at radius 3 is 2.62 bits per heavy atom. The standard InChI is InChI=1S/C26H22ClN3O3S/c1-17-5-9-20(10-6-17)34(32,33)30-15-12-23-21(22-4-3-13-28-25(22)30)11-14-29(26(23)31)24-16-19(27)8-7-18(24)2/h3-10,13-14,16,31H,12,15H2,1-2H3. The number of fused-ring (bicyclic) bond motifs is 3. The number of hydrogen-bond acceptors (Lipinski definition) is 5. The number of rotatable bonds is 3. The summed E-state index contributed by atoms with van der Waals surface area (Å²) in [6.07, 6.45) is 3.49. The van der Waals surface area contributed by atoms with Gasteiger partial charge >= 0.3 is 0 Å². The number of aliphatic hydroxyl groups is 1. The van der Waals surface area contributed by atoms with E-state index in [0.29, 0.717) is 27.6 Å². The van der Waals surface area contributed by atoms with Gasteiger partial charge in [-0.15, -0.1) is 0 Å². The molecule has 0 fully saturated rings. The molecule has 3 aromatic rings. The highest BCUT2D eigenvalue weighted by Crippen LogP contribution is 2.41. The fourth-order valence-corrected chi connectivity index (χ4v) is 5.82. The van der Waals surface area contributed by atoms with Crippen LogP contribution in [0.2, 0.25) is 5.02 Å². The molecule has 8 heteroatoms. The Morgan fingerprint density at radius 2 is 1.85 bits per heavy atom. The molecule has 0 saturated heterocycles. The van der Waals surface area contributed by atoms with Gasteiger partial charge in [-0.25, -0.2) is 17.7 Å². The number of benzene rings is 2. The van der Waals surface area contributed by atoms with Gasteiger partial charge in [0.1, 0.15) is 0 Å². The molecular weight excluding hydrogens is 470 g/mol. The van der Waals surface area contributed by atoms with E-state index in [0.717, 1.165) is 16.8 Å². The number of anilines is 2. The van der Waals surface area contributed by atoms with Crippen LogP contribution in [-0.2, 0) is 10.0 Å². The van der Waals surface area contributed by atoms with E-state index < -0.39 is 10.0 Å². The van der Waals surface area contributed by atoms with Gasteiger partial charge in [0.2, 0.25) is 5.88 Å². The zero-order chi connectivity index (χ0) is 24.0. The monoisotopic (exact) mass is 491 g/mol. The number of nitrogens with zero attached hydrogens (tertiary/aromatic N) is 3. The molecule has 0 bridgehead atoms. The Hall–Kier alpha value is -3.51. The lowest BCUT2D eigenvalue weighted by Gasteiger charge is -2.26. The van der Waals surface area contributed by atoms with Gasteiger partial charge in [0.15, 0.2) is 5.82 Å². The van der Waals surface area contributed by atoms with E-state index in [1.807, 2.05) is 19.9 Å². The molecule has 0 aliphatic carbocycles. The molecule has 34 heavy (non-hydrogen) atoms. The Labute approximate surface area is 203 Å². The first-order valence-electron chi connectivity index (χ1n) is 10.8. The number of aryl methyl sites for hydroxylation is 2. The normalized spacial score (nSPS) is 15.6. The molecule has 2 aliphatic rings. The van der Waals surface area contributed by atoms with E-state index in [2.05, 4.69) is 10.7 Å². The van der Waals surface area contributed by atoms with Gasteiger partial charge < -0.3 is 5.11 Å². The van der Waals surface area contributed by atoms with Gasteiger partial charge in [-0.3, -0.25) is 4.90 Å². The summed E-state index contributed by atoms with van der Waals surface area (Å²) >= 11 is 6.21. The van der Waals surface area contributed by atoms with E-state index in [1.165, 1.54) is 4.31 Å². The summed E-state index contributed by atoms with van der Waals surface area (Å²) in [6, 6.07) is 15.7. The number of halogens is 1. The number of sulfonamides is 1. The van der Waals surface area contributed by atoms with Crippen molar-refractivity contribution in [3.63, 3.8) is 0 Å². The van der Waals surface area contributed by atoms with Crippen molar-refractivity contribution in [2.45, 2.75) is 25.2 Å². The molecule has 172 valence electrons. The van der Waals surface area contributed by atoms with Crippen molar-refractivity contribution in [3.8, 4) is 0 Å². The van der Waals surface area contributed by atoms with Crippen molar-refractivity contribution < 1.29 is 13.5 Å². The van der Waals surface area contributed by atoms with Crippen LogP contribution in [0.3, 0.4) is 0 Å². The van der Waals surface area contributed by atoms with Crippen LogP contribution >= 0.6 is 11.6 Å². The SMILES string of the molecule is Cc1ccc(S(=O)(=O)N2CCC3=C(O)N(c4cc(Cl)ccc4C)C=C=C3c3cccnc32)cc1. The highest BCUT2D eigenvalue weighted by molar-refractivity contribution is 7.92. The fraction of sp³-hybridized carbons (Fsp3) is 0.154. The summed E-state index contributed by atoms with van der Waals surface area (Å²) in [7, 11) is -3.87. The van der Waals surface area contributed by atoms with Crippen LogP contribution in [-0.4, -0.2) is 25.1 Å². The van der Waals surface area contributed by atoms with Crippen LogP contribution in [0.4, 0.5) is 11.5 Å². The first kappa shape index (κ1) is 22.3. The Bertz CT molecular complexity index is 1500. The zero-order valence-electron chi connectivity index (χ0n) is 18.7. The summed E-state index contributed by atoms with van der Waals surface area (Å²) in [5.41, 5.74) is 7.70. The summed E-state index contributed by atoms with van der Waals surface area (Å²) in [5, 5.41) is 11.9. The maximum atomic E-state index is 13.6. The minimum absolute atomic E-state index is 0.0171. The zero-order valence-corrected chi connectivity index (χ0v) is 20.2. The predicted octanol–water partition coefficient (Wildman–Crippen LogP) is 5.74. The first-order chi connectivity index (χ1) is 16.3. The molecule has 0 saturated carbocycles. The maximum Gasteiger partial charge on any atom is 0.265 e. The minimum atomic E-state index is -3.87. The summed E-state index contributed by atoms with van der Waals surface area (Å²) in [6.45, 7) is 3.96. The molecule has 6 nitrogen and oxygen atoms in total. The topological polar surface area (TPSA) is 73.7 Å². The smallest absolute Gasteiger partial charge is 0.265 e. The predicted molar refractivity (Wildman–Crippen MR) is 134 cm³/mol. The van der Waals surface area contributed by atoms with Gasteiger partial charge in [0.05, 0.1) is 16.8 Å². The highest BCUT2D eigenvalue weighted by Gasteiger charge is 2.34. The van der Waals surface area contributed by atoms with E-state index in [1.54, 1.807) is 65.8 Å². The van der Waals surface area contributed by atoms with E-state index in [4.69, 9.17) is 11.6 Å². The van der Waals surface area contributed by atoms with Crippen LogP contribution < -0.4 is 9.21 Å². The van der Waals surface area contributed by atoms with Gasteiger partial charge in [-0.05, 0) is 62.2 Å². The van der Waals surface area contributed by atoms with Crippen molar-refractivity contribution >= 4 is 38.7 Å². The van der Waals surface area contributed by atoms with E-state index >= 15 is 0 Å². The van der Waals surface area contributed by atoms with Gasteiger partial charge in [0.25, 0.3) is 10.0 Å². The number of aliphatic hydroxyl groups excluding tert-OH is 1. The quantitative estimate of drug-likeness (QED) is 0.473. The Morgan fingerprint density at radius 1 is 1.09 bits per heavy atom. The van der Waals surface area contributed by atoms with Crippen molar-refractivity contribution in [1.82, 2.24) is 4.98 Å². The summed E-state index contributed by atoms with van der Waals surface area (Å²) < 4.78 is 28.5. The number of aromatic nitrogens is 1. The molecule has 1 N–H and O–H groups in total. The van der Waals surface area contributed by atoms with Crippen LogP contribution in [0.5, 0.6) is 0 Å². The third-order valence-electron chi connectivity index (χ3n) is 6.03. The molecule has 3 heterocycles. The molecular formula is C26H22ClN3O3S. The van der Waals surface area contributed by atoms with Crippen LogP contribution in [0, 0.1) is 13.8 Å². The van der Waals surface area contributed by atoms with Gasteiger partial charge in [0, 0.05) is 34.5 Å². The highest BCUT2D eigenvalue weighted by atomic mass is 35.5. The molecule has 1 aromatic heterocycles. The van der Waals surface area contributed by atoms with Gasteiger partial charge in [-0.2, -0.15) is 0 Å². The largest absolute Gasteiger partial charge is 0.494 e. The Kier molecular flexibility index (Phi) is 5.48. The third-order valence-corrected chi connectivity index (χ3v) is 8.07.